The molecule has 8 heteroatoms. The number of aromatic amines is 1. The first-order valence-corrected chi connectivity index (χ1v) is 6.39. The van der Waals surface area contributed by atoms with Crippen LogP contribution >= 0.6 is 0 Å². The first-order chi connectivity index (χ1) is 9.99. The van der Waals surface area contributed by atoms with E-state index in [9.17, 15) is 14.9 Å². The number of hydrogen-bond acceptors (Lipinski definition) is 5. The molecule has 2 aromatic rings. The van der Waals surface area contributed by atoms with Crippen molar-refractivity contribution in [3.05, 3.63) is 52.1 Å². The average Bonchev–Trinajstić information content (AvgIpc) is 3.00. The Morgan fingerprint density at radius 1 is 1.43 bits per heavy atom. The number of carbonyl (C=O) groups excluding carboxylic acids is 1. The summed E-state index contributed by atoms with van der Waals surface area (Å²) >= 11 is 0. The van der Waals surface area contributed by atoms with Crippen molar-refractivity contribution in [2.75, 3.05) is 0 Å². The number of nitrogens with zero attached hydrogens (tertiary/aromatic N) is 3. The third-order valence-electron chi connectivity index (χ3n) is 3.18. The summed E-state index contributed by atoms with van der Waals surface area (Å²) < 4.78 is 0. The molecular weight excluding hydrogens is 274 g/mol. The second-order valence-corrected chi connectivity index (χ2v) is 4.67. The van der Waals surface area contributed by atoms with E-state index in [0.717, 1.165) is 0 Å². The monoisotopic (exact) mass is 289 g/mol. The van der Waals surface area contributed by atoms with E-state index in [0.29, 0.717) is 11.4 Å². The molecule has 0 saturated heterocycles. The molecule has 21 heavy (non-hydrogen) atoms. The summed E-state index contributed by atoms with van der Waals surface area (Å²) in [6, 6.07) is 5.74. The SMILES string of the molecule is CC(NC(=O)C(C)c1cccc([N+](=O)[O-])c1)c1ncn[nH]1. The lowest BCUT2D eigenvalue weighted by Gasteiger charge is -2.16. The van der Waals surface area contributed by atoms with Crippen molar-refractivity contribution in [2.45, 2.75) is 25.8 Å². The highest BCUT2D eigenvalue weighted by Gasteiger charge is 2.20. The van der Waals surface area contributed by atoms with Crippen LogP contribution in [0.3, 0.4) is 0 Å². The number of carbonyl (C=O) groups is 1. The molecule has 0 spiro atoms. The van der Waals surface area contributed by atoms with Crippen LogP contribution < -0.4 is 5.32 Å². The van der Waals surface area contributed by atoms with Crippen LogP contribution in [-0.2, 0) is 4.79 Å². The molecule has 0 radical (unpaired) electrons. The molecular formula is C13H15N5O3. The number of nitro benzene ring substituents is 1. The van der Waals surface area contributed by atoms with Crippen LogP contribution in [0.5, 0.6) is 0 Å². The molecule has 1 aromatic heterocycles. The Hall–Kier alpha value is -2.77. The number of nitrogens with one attached hydrogen (secondary N) is 2. The summed E-state index contributed by atoms with van der Waals surface area (Å²) in [6.45, 7) is 3.47. The molecule has 0 aliphatic carbocycles. The first-order valence-electron chi connectivity index (χ1n) is 6.39. The summed E-state index contributed by atoms with van der Waals surface area (Å²) in [5.74, 6) is -0.190. The number of nitro groups is 1. The van der Waals surface area contributed by atoms with Gasteiger partial charge in [0.05, 0.1) is 16.9 Å². The largest absolute Gasteiger partial charge is 0.346 e. The lowest BCUT2D eigenvalue weighted by molar-refractivity contribution is -0.384. The third-order valence-corrected chi connectivity index (χ3v) is 3.18. The van der Waals surface area contributed by atoms with Crippen molar-refractivity contribution in [1.82, 2.24) is 20.5 Å². The number of H-pyrrole nitrogens is 1. The fraction of sp³-hybridized carbons (Fsp3) is 0.308. The van der Waals surface area contributed by atoms with Gasteiger partial charge in [-0.15, -0.1) is 0 Å². The highest BCUT2D eigenvalue weighted by atomic mass is 16.6. The molecule has 2 unspecified atom stereocenters. The Kier molecular flexibility index (Phi) is 4.27. The minimum atomic E-state index is -0.504. The zero-order valence-corrected chi connectivity index (χ0v) is 11.6. The maximum atomic E-state index is 12.2. The zero-order chi connectivity index (χ0) is 15.4. The van der Waals surface area contributed by atoms with Gasteiger partial charge in [-0.2, -0.15) is 5.10 Å². The molecule has 8 nitrogen and oxygen atoms in total. The van der Waals surface area contributed by atoms with Gasteiger partial charge in [0.2, 0.25) is 5.91 Å². The summed E-state index contributed by atoms with van der Waals surface area (Å²) in [7, 11) is 0. The fourth-order valence-electron chi connectivity index (χ4n) is 1.89. The Bertz CT molecular complexity index is 641. The molecule has 2 N–H and O–H groups in total. The molecule has 1 amide bonds. The van der Waals surface area contributed by atoms with Gasteiger partial charge in [-0.1, -0.05) is 12.1 Å². The number of rotatable bonds is 5. The van der Waals surface area contributed by atoms with Gasteiger partial charge in [-0.3, -0.25) is 20.0 Å². The smallest absolute Gasteiger partial charge is 0.269 e. The van der Waals surface area contributed by atoms with Crippen LogP contribution in [0.2, 0.25) is 0 Å². The maximum Gasteiger partial charge on any atom is 0.269 e. The maximum absolute atomic E-state index is 12.2. The van der Waals surface area contributed by atoms with Crippen LogP contribution in [0.15, 0.2) is 30.6 Å². The molecule has 0 aliphatic rings. The van der Waals surface area contributed by atoms with E-state index in [1.165, 1.54) is 18.5 Å². The van der Waals surface area contributed by atoms with E-state index in [1.807, 2.05) is 0 Å². The molecule has 0 fully saturated rings. The van der Waals surface area contributed by atoms with Crippen molar-refractivity contribution >= 4 is 11.6 Å². The van der Waals surface area contributed by atoms with E-state index >= 15 is 0 Å². The minimum Gasteiger partial charge on any atom is -0.346 e. The lowest BCUT2D eigenvalue weighted by atomic mass is 9.99. The van der Waals surface area contributed by atoms with Crippen LogP contribution in [0, 0.1) is 10.1 Å². The standard InChI is InChI=1S/C13H15N5O3/c1-8(10-4-3-5-11(6-10)18(20)21)13(19)16-9(2)12-14-7-15-17-12/h3-9H,1-2H3,(H,16,19)(H,14,15,17). The number of amides is 1. The summed E-state index contributed by atoms with van der Waals surface area (Å²) in [6.07, 6.45) is 1.36. The highest BCUT2D eigenvalue weighted by molar-refractivity contribution is 5.83. The predicted octanol–water partition coefficient (Wildman–Crippen LogP) is 1.69. The molecule has 1 heterocycles. The van der Waals surface area contributed by atoms with Gasteiger partial charge in [0.15, 0.2) is 0 Å². The average molecular weight is 289 g/mol. The molecule has 0 saturated carbocycles. The van der Waals surface area contributed by atoms with Crippen molar-refractivity contribution in [3.8, 4) is 0 Å². The molecule has 0 bridgehead atoms. The summed E-state index contributed by atoms with van der Waals surface area (Å²) in [4.78, 5) is 26.4. The minimum absolute atomic E-state index is 0.0320. The van der Waals surface area contributed by atoms with Crippen molar-refractivity contribution in [2.24, 2.45) is 0 Å². The van der Waals surface area contributed by atoms with Gasteiger partial charge in [0.1, 0.15) is 12.2 Å². The Balaban J connectivity index is 2.08. The van der Waals surface area contributed by atoms with E-state index in [-0.39, 0.29) is 17.6 Å². The van der Waals surface area contributed by atoms with Gasteiger partial charge < -0.3 is 5.32 Å². The zero-order valence-electron chi connectivity index (χ0n) is 11.6. The topological polar surface area (TPSA) is 114 Å². The summed E-state index contributed by atoms with van der Waals surface area (Å²) in [5.41, 5.74) is 0.557. The van der Waals surface area contributed by atoms with Crippen LogP contribution in [0.1, 0.15) is 37.2 Å². The second kappa shape index (κ2) is 6.12. The van der Waals surface area contributed by atoms with E-state index < -0.39 is 10.8 Å². The molecule has 2 atom stereocenters. The Morgan fingerprint density at radius 2 is 2.19 bits per heavy atom. The van der Waals surface area contributed by atoms with Gasteiger partial charge in [-0.25, -0.2) is 4.98 Å². The number of non-ortho nitro benzene ring substituents is 1. The fourth-order valence-corrected chi connectivity index (χ4v) is 1.89. The summed E-state index contributed by atoms with van der Waals surface area (Å²) in [5, 5.41) is 20.0. The van der Waals surface area contributed by atoms with E-state index in [1.54, 1.807) is 26.0 Å². The quantitative estimate of drug-likeness (QED) is 0.642. The molecule has 0 aliphatic heterocycles. The van der Waals surface area contributed by atoms with E-state index in [2.05, 4.69) is 20.5 Å². The second-order valence-electron chi connectivity index (χ2n) is 4.67. The van der Waals surface area contributed by atoms with Crippen molar-refractivity contribution < 1.29 is 9.72 Å². The molecule has 2 rings (SSSR count). The van der Waals surface area contributed by atoms with Gasteiger partial charge in [-0.05, 0) is 19.4 Å². The van der Waals surface area contributed by atoms with Crippen LogP contribution in [-0.4, -0.2) is 26.0 Å². The molecule has 1 aromatic carbocycles. The van der Waals surface area contributed by atoms with Gasteiger partial charge in [0, 0.05) is 12.1 Å². The van der Waals surface area contributed by atoms with Gasteiger partial charge in [0.25, 0.3) is 5.69 Å². The van der Waals surface area contributed by atoms with Crippen molar-refractivity contribution in [1.29, 1.82) is 0 Å². The van der Waals surface area contributed by atoms with Crippen molar-refractivity contribution in [3.63, 3.8) is 0 Å². The first kappa shape index (κ1) is 14.6. The number of hydrogen-bond donors (Lipinski definition) is 2. The predicted molar refractivity (Wildman–Crippen MR) is 74.5 cm³/mol. The Morgan fingerprint density at radius 3 is 2.81 bits per heavy atom. The number of aromatic nitrogens is 3. The number of benzene rings is 1. The van der Waals surface area contributed by atoms with Crippen LogP contribution in [0.4, 0.5) is 5.69 Å². The van der Waals surface area contributed by atoms with Crippen LogP contribution in [0.25, 0.3) is 0 Å². The van der Waals surface area contributed by atoms with E-state index in [4.69, 9.17) is 0 Å². The normalized spacial score (nSPS) is 13.4. The Labute approximate surface area is 120 Å². The lowest BCUT2D eigenvalue weighted by Crippen LogP contribution is -2.31. The molecule has 110 valence electrons. The third kappa shape index (κ3) is 3.41. The van der Waals surface area contributed by atoms with Gasteiger partial charge >= 0.3 is 0 Å². The highest BCUT2D eigenvalue weighted by Crippen LogP contribution is 2.21.